The van der Waals surface area contributed by atoms with Crippen LogP contribution in [0.25, 0.3) is 10.9 Å². The molecule has 2 aliphatic rings. The van der Waals surface area contributed by atoms with Gasteiger partial charge < -0.3 is 29.3 Å². The molecular formula is C28H34ClN5O4. The maximum absolute atomic E-state index is 12.6. The summed E-state index contributed by atoms with van der Waals surface area (Å²) in [6.07, 6.45) is 2.86. The molecule has 1 atom stereocenters. The Kier molecular flexibility index (Phi) is 7.76. The summed E-state index contributed by atoms with van der Waals surface area (Å²) < 4.78 is 17.4. The van der Waals surface area contributed by atoms with Crippen molar-refractivity contribution in [2.45, 2.75) is 45.3 Å². The van der Waals surface area contributed by atoms with Crippen LogP contribution in [0.2, 0.25) is 5.02 Å². The summed E-state index contributed by atoms with van der Waals surface area (Å²) in [5.41, 5.74) is 2.12. The Balaban J connectivity index is 1.31. The van der Waals surface area contributed by atoms with Gasteiger partial charge in [0.2, 0.25) is 5.95 Å². The lowest BCUT2D eigenvalue weighted by Crippen LogP contribution is -2.46. The minimum Gasteiger partial charge on any atom is -0.486 e. The molecule has 9 nitrogen and oxygen atoms in total. The number of hydrogen-bond acceptors (Lipinski definition) is 8. The molecule has 1 N–H and O–H groups in total. The number of ether oxygens (including phenoxy) is 3. The van der Waals surface area contributed by atoms with Gasteiger partial charge in [-0.25, -0.2) is 14.8 Å². The first-order valence-corrected chi connectivity index (χ1v) is 13.4. The van der Waals surface area contributed by atoms with Gasteiger partial charge in [0.05, 0.1) is 24.8 Å². The third-order valence-corrected chi connectivity index (χ3v) is 6.81. The van der Waals surface area contributed by atoms with Crippen molar-refractivity contribution in [1.29, 1.82) is 0 Å². The molecule has 10 heteroatoms. The summed E-state index contributed by atoms with van der Waals surface area (Å²) in [6.45, 7) is 9.98. The Morgan fingerprint density at radius 1 is 1.11 bits per heavy atom. The predicted molar refractivity (Wildman–Crippen MR) is 149 cm³/mol. The van der Waals surface area contributed by atoms with Gasteiger partial charge in [0, 0.05) is 42.6 Å². The SMILES string of the molecule is CC(C)(C)OC(=O)N1CCCC(Oc2ccc(Cl)c3cnc(Nc4ccc(N5CCOCC5)cc4)nc23)C1. The number of aromatic nitrogens is 2. The van der Waals surface area contributed by atoms with E-state index in [2.05, 4.69) is 27.3 Å². The lowest BCUT2D eigenvalue weighted by molar-refractivity contribution is 0.00792. The summed E-state index contributed by atoms with van der Waals surface area (Å²) in [6, 6.07) is 11.8. The van der Waals surface area contributed by atoms with Crippen LogP contribution in [-0.2, 0) is 9.47 Å². The van der Waals surface area contributed by atoms with Crippen LogP contribution < -0.4 is 15.0 Å². The van der Waals surface area contributed by atoms with E-state index < -0.39 is 5.60 Å². The van der Waals surface area contributed by atoms with E-state index in [4.69, 9.17) is 30.8 Å². The van der Waals surface area contributed by atoms with Crippen molar-refractivity contribution < 1.29 is 19.0 Å². The molecule has 1 unspecified atom stereocenters. The zero-order valence-corrected chi connectivity index (χ0v) is 22.8. The molecule has 38 heavy (non-hydrogen) atoms. The molecule has 3 aromatic rings. The van der Waals surface area contributed by atoms with Crippen molar-refractivity contribution >= 4 is 45.9 Å². The topological polar surface area (TPSA) is 89.0 Å². The second-order valence-electron chi connectivity index (χ2n) is 10.6. The Labute approximate surface area is 228 Å². The van der Waals surface area contributed by atoms with Crippen molar-refractivity contribution in [3.05, 3.63) is 47.6 Å². The van der Waals surface area contributed by atoms with Gasteiger partial charge in [-0.2, -0.15) is 0 Å². The summed E-state index contributed by atoms with van der Waals surface area (Å²) >= 11 is 6.46. The third-order valence-electron chi connectivity index (χ3n) is 6.48. The average molecular weight is 540 g/mol. The first-order valence-electron chi connectivity index (χ1n) is 13.0. The number of carbonyl (C=O) groups excluding carboxylic acids is 1. The Morgan fingerprint density at radius 3 is 2.61 bits per heavy atom. The van der Waals surface area contributed by atoms with E-state index >= 15 is 0 Å². The van der Waals surface area contributed by atoms with Crippen LogP contribution in [0, 0.1) is 0 Å². The molecule has 0 saturated carbocycles. The fraction of sp³-hybridized carbons (Fsp3) is 0.464. The average Bonchev–Trinajstić information content (AvgIpc) is 2.90. The normalized spacial score (nSPS) is 18.4. The fourth-order valence-corrected chi connectivity index (χ4v) is 4.83. The lowest BCUT2D eigenvalue weighted by atomic mass is 10.1. The number of carbonyl (C=O) groups is 1. The molecule has 202 valence electrons. The van der Waals surface area contributed by atoms with Crippen LogP contribution in [-0.4, -0.2) is 72.1 Å². The number of halogens is 1. The van der Waals surface area contributed by atoms with Gasteiger partial charge in [-0.05, 0) is 70.0 Å². The summed E-state index contributed by atoms with van der Waals surface area (Å²) in [7, 11) is 0. The largest absolute Gasteiger partial charge is 0.486 e. The molecule has 5 rings (SSSR count). The summed E-state index contributed by atoms with van der Waals surface area (Å²) in [4.78, 5) is 25.8. The number of benzene rings is 2. The summed E-state index contributed by atoms with van der Waals surface area (Å²) in [5.74, 6) is 1.05. The van der Waals surface area contributed by atoms with E-state index in [-0.39, 0.29) is 12.2 Å². The molecule has 0 radical (unpaired) electrons. The zero-order chi connectivity index (χ0) is 26.7. The highest BCUT2D eigenvalue weighted by Gasteiger charge is 2.29. The van der Waals surface area contributed by atoms with Crippen LogP contribution in [0.1, 0.15) is 33.6 Å². The van der Waals surface area contributed by atoms with E-state index in [0.29, 0.717) is 40.7 Å². The van der Waals surface area contributed by atoms with Gasteiger partial charge in [0.1, 0.15) is 23.0 Å². The van der Waals surface area contributed by atoms with E-state index in [9.17, 15) is 4.79 Å². The summed E-state index contributed by atoms with van der Waals surface area (Å²) in [5, 5.41) is 4.54. The molecule has 0 spiro atoms. The predicted octanol–water partition coefficient (Wildman–Crippen LogP) is 5.64. The fourth-order valence-electron chi connectivity index (χ4n) is 4.63. The van der Waals surface area contributed by atoms with Crippen molar-refractivity contribution in [3.8, 4) is 5.75 Å². The molecule has 0 aliphatic carbocycles. The molecule has 0 bridgehead atoms. The van der Waals surface area contributed by atoms with E-state index in [1.807, 2.05) is 39.0 Å². The van der Waals surface area contributed by atoms with Crippen LogP contribution in [0.15, 0.2) is 42.6 Å². The molecule has 2 aliphatic heterocycles. The molecule has 2 saturated heterocycles. The highest BCUT2D eigenvalue weighted by Crippen LogP contribution is 2.32. The maximum Gasteiger partial charge on any atom is 0.410 e. The number of likely N-dealkylation sites (tertiary alicyclic amines) is 1. The molecule has 1 aromatic heterocycles. The van der Waals surface area contributed by atoms with Gasteiger partial charge in [-0.15, -0.1) is 0 Å². The molecule has 1 amide bonds. The molecule has 2 fully saturated rings. The molecule has 3 heterocycles. The van der Waals surface area contributed by atoms with Gasteiger partial charge in [0.15, 0.2) is 0 Å². The Bertz CT molecular complexity index is 1270. The van der Waals surface area contributed by atoms with Crippen LogP contribution in [0.3, 0.4) is 0 Å². The zero-order valence-electron chi connectivity index (χ0n) is 22.1. The monoisotopic (exact) mass is 539 g/mol. The number of anilines is 3. The minimum atomic E-state index is -0.541. The van der Waals surface area contributed by atoms with Gasteiger partial charge in [0.25, 0.3) is 0 Å². The van der Waals surface area contributed by atoms with E-state index in [1.54, 1.807) is 17.2 Å². The number of hydrogen-bond donors (Lipinski definition) is 1. The number of piperidine rings is 1. The third kappa shape index (κ3) is 6.39. The van der Waals surface area contributed by atoms with Gasteiger partial charge in [-0.1, -0.05) is 11.6 Å². The quantitative estimate of drug-likeness (QED) is 0.445. The number of fused-ring (bicyclic) bond motifs is 1. The number of morpholine rings is 1. The Morgan fingerprint density at radius 2 is 1.87 bits per heavy atom. The second kappa shape index (κ2) is 11.2. The van der Waals surface area contributed by atoms with Crippen molar-refractivity contribution in [1.82, 2.24) is 14.9 Å². The first-order chi connectivity index (χ1) is 18.2. The number of nitrogens with one attached hydrogen (secondary N) is 1. The van der Waals surface area contributed by atoms with E-state index in [1.165, 1.54) is 0 Å². The molecular weight excluding hydrogens is 506 g/mol. The number of amides is 1. The minimum absolute atomic E-state index is 0.181. The molecule has 2 aromatic carbocycles. The van der Waals surface area contributed by atoms with Crippen LogP contribution >= 0.6 is 11.6 Å². The van der Waals surface area contributed by atoms with Crippen molar-refractivity contribution in [2.24, 2.45) is 0 Å². The standard InChI is InChI=1S/C28H34ClN5O4/c1-28(2,3)38-27(35)34-12-4-5-21(18-34)37-24-11-10-23(29)22-17-30-26(32-25(22)24)31-19-6-8-20(9-7-19)33-13-15-36-16-14-33/h6-11,17,21H,4-5,12-16,18H2,1-3H3,(H,30,31,32). The maximum atomic E-state index is 12.6. The van der Waals surface area contributed by atoms with Crippen molar-refractivity contribution in [3.63, 3.8) is 0 Å². The van der Waals surface area contributed by atoms with Crippen LogP contribution in [0.5, 0.6) is 5.75 Å². The highest BCUT2D eigenvalue weighted by atomic mass is 35.5. The number of rotatable bonds is 5. The second-order valence-corrected chi connectivity index (χ2v) is 11.0. The Hall–Kier alpha value is -3.30. The van der Waals surface area contributed by atoms with Gasteiger partial charge >= 0.3 is 6.09 Å². The lowest BCUT2D eigenvalue weighted by Gasteiger charge is -2.34. The van der Waals surface area contributed by atoms with E-state index in [0.717, 1.165) is 50.5 Å². The first kappa shape index (κ1) is 26.3. The smallest absolute Gasteiger partial charge is 0.410 e. The van der Waals surface area contributed by atoms with Crippen molar-refractivity contribution in [2.75, 3.05) is 49.6 Å². The van der Waals surface area contributed by atoms with Gasteiger partial charge in [-0.3, -0.25) is 0 Å². The number of nitrogens with zero attached hydrogens (tertiary/aromatic N) is 4. The highest BCUT2D eigenvalue weighted by molar-refractivity contribution is 6.35. The van der Waals surface area contributed by atoms with Crippen LogP contribution in [0.4, 0.5) is 22.1 Å².